The Labute approximate surface area is 147 Å². The number of hydrogen-bond donors (Lipinski definition) is 0. The van der Waals surface area contributed by atoms with E-state index in [1.54, 1.807) is 27.4 Å². The van der Waals surface area contributed by atoms with E-state index in [2.05, 4.69) is 15.0 Å². The topological polar surface area (TPSA) is 60.3 Å². The molecule has 0 N–H and O–H groups in total. The molecule has 0 aromatic carbocycles. The molecule has 8 heteroatoms. The largest absolute Gasteiger partial charge is 0.378 e. The van der Waals surface area contributed by atoms with E-state index in [1.807, 2.05) is 24.4 Å². The Balaban J connectivity index is 1.90. The summed E-state index contributed by atoms with van der Waals surface area (Å²) in [5.41, 5.74) is 1.31. The van der Waals surface area contributed by atoms with Crippen LogP contribution in [0.5, 0.6) is 0 Å². The summed E-state index contributed by atoms with van der Waals surface area (Å²) < 4.78 is 7.85. The second kappa shape index (κ2) is 6.62. The Hall–Kier alpha value is -1.77. The summed E-state index contributed by atoms with van der Waals surface area (Å²) in [4.78, 5) is 20.7. The van der Waals surface area contributed by atoms with E-state index in [-0.39, 0.29) is 5.56 Å². The van der Waals surface area contributed by atoms with Gasteiger partial charge < -0.3 is 9.64 Å². The predicted octanol–water partition coefficient (Wildman–Crippen LogP) is 2.83. The Morgan fingerprint density at radius 1 is 1.33 bits per heavy atom. The molecule has 4 heterocycles. The van der Waals surface area contributed by atoms with Crippen molar-refractivity contribution in [1.29, 1.82) is 0 Å². The van der Waals surface area contributed by atoms with Crippen LogP contribution in [0.4, 0.5) is 5.13 Å². The highest BCUT2D eigenvalue weighted by molar-refractivity contribution is 7.23. The normalized spacial score (nSPS) is 15.3. The van der Waals surface area contributed by atoms with Crippen molar-refractivity contribution < 1.29 is 4.74 Å². The van der Waals surface area contributed by atoms with Crippen LogP contribution >= 0.6 is 22.7 Å². The Morgan fingerprint density at radius 3 is 2.88 bits per heavy atom. The van der Waals surface area contributed by atoms with Gasteiger partial charge in [0, 0.05) is 19.6 Å². The molecule has 0 spiro atoms. The highest BCUT2D eigenvalue weighted by Crippen LogP contribution is 2.35. The van der Waals surface area contributed by atoms with Crippen molar-refractivity contribution in [1.82, 2.24) is 14.8 Å². The third-order valence-corrected chi connectivity index (χ3v) is 5.96. The zero-order valence-corrected chi connectivity index (χ0v) is 15.0. The van der Waals surface area contributed by atoms with E-state index < -0.39 is 0 Å². The van der Waals surface area contributed by atoms with Crippen LogP contribution in [0.3, 0.4) is 0 Å². The van der Waals surface area contributed by atoms with Crippen LogP contribution in [0.2, 0.25) is 0 Å². The molecule has 1 saturated heterocycles. The van der Waals surface area contributed by atoms with Crippen LogP contribution in [0.1, 0.15) is 13.3 Å². The molecule has 0 atom stereocenters. The smallest absolute Gasteiger partial charge is 0.294 e. The molecule has 0 saturated carbocycles. The number of rotatable bonds is 4. The van der Waals surface area contributed by atoms with Crippen LogP contribution in [0.15, 0.2) is 22.3 Å². The second-order valence-electron chi connectivity index (χ2n) is 5.63. The number of nitrogens with zero attached hydrogens (tertiary/aromatic N) is 4. The first kappa shape index (κ1) is 15.7. The van der Waals surface area contributed by atoms with Crippen LogP contribution in [-0.2, 0) is 11.3 Å². The monoisotopic (exact) mass is 362 g/mol. The number of thiophene rings is 1. The molecule has 24 heavy (non-hydrogen) atoms. The molecule has 0 bridgehead atoms. The maximum absolute atomic E-state index is 12.7. The summed E-state index contributed by atoms with van der Waals surface area (Å²) in [5, 5.41) is 7.55. The number of thiazole rings is 1. The molecular formula is C16H18N4O2S2. The lowest BCUT2D eigenvalue weighted by atomic mass is 10.3. The van der Waals surface area contributed by atoms with Crippen LogP contribution in [0, 0.1) is 0 Å². The number of fused-ring (bicyclic) bond motifs is 1. The zero-order valence-electron chi connectivity index (χ0n) is 13.4. The van der Waals surface area contributed by atoms with Gasteiger partial charge in [0.05, 0.1) is 22.8 Å². The fourth-order valence-corrected chi connectivity index (χ4v) is 4.66. The lowest BCUT2D eigenvalue weighted by Gasteiger charge is -2.25. The molecule has 4 rings (SSSR count). The van der Waals surface area contributed by atoms with Crippen LogP contribution in [-0.4, -0.2) is 41.1 Å². The Bertz CT molecular complexity index is 895. The number of hydrogen-bond acceptors (Lipinski definition) is 7. The van der Waals surface area contributed by atoms with Crippen molar-refractivity contribution >= 4 is 38.0 Å². The standard InChI is InChI=1S/C16H18N4O2S2/c1-2-5-20-15(21)13-14(12(18-20)11-4-3-10-23-11)24-16(17-13)19-6-8-22-9-7-19/h3-4,10H,2,5-9H2,1H3. The highest BCUT2D eigenvalue weighted by Gasteiger charge is 2.21. The van der Waals surface area contributed by atoms with Crippen molar-refractivity contribution in [2.75, 3.05) is 31.2 Å². The maximum Gasteiger partial charge on any atom is 0.294 e. The molecule has 1 fully saturated rings. The summed E-state index contributed by atoms with van der Waals surface area (Å²) in [6, 6.07) is 4.05. The number of ether oxygens (including phenoxy) is 1. The van der Waals surface area contributed by atoms with Crippen molar-refractivity contribution in [3.63, 3.8) is 0 Å². The average molecular weight is 362 g/mol. The first-order valence-electron chi connectivity index (χ1n) is 8.06. The molecule has 3 aromatic rings. The predicted molar refractivity (Wildman–Crippen MR) is 98.3 cm³/mol. The Morgan fingerprint density at radius 2 is 2.17 bits per heavy atom. The van der Waals surface area contributed by atoms with Gasteiger partial charge in [0.15, 0.2) is 10.6 Å². The van der Waals surface area contributed by atoms with Crippen molar-refractivity contribution in [2.45, 2.75) is 19.9 Å². The fourth-order valence-electron chi connectivity index (χ4n) is 2.78. The third-order valence-electron chi connectivity index (χ3n) is 3.96. The molecule has 3 aromatic heterocycles. The van der Waals surface area contributed by atoms with E-state index in [1.165, 1.54) is 0 Å². The van der Waals surface area contributed by atoms with E-state index in [9.17, 15) is 4.79 Å². The summed E-state index contributed by atoms with van der Waals surface area (Å²) in [6.45, 7) is 5.68. The van der Waals surface area contributed by atoms with Gasteiger partial charge in [-0.2, -0.15) is 5.10 Å². The number of anilines is 1. The fraction of sp³-hybridized carbons (Fsp3) is 0.438. The van der Waals surface area contributed by atoms with Crippen molar-refractivity contribution in [3.05, 3.63) is 27.9 Å². The number of aryl methyl sites for hydroxylation is 1. The van der Waals surface area contributed by atoms with Gasteiger partial charge in [-0.25, -0.2) is 9.67 Å². The SMILES string of the molecule is CCCn1nc(-c2cccs2)c2sc(N3CCOCC3)nc2c1=O. The van der Waals surface area contributed by atoms with E-state index in [0.29, 0.717) is 25.3 Å². The summed E-state index contributed by atoms with van der Waals surface area (Å²) in [7, 11) is 0. The quantitative estimate of drug-likeness (QED) is 0.714. The molecule has 0 radical (unpaired) electrons. The highest BCUT2D eigenvalue weighted by atomic mass is 32.1. The van der Waals surface area contributed by atoms with E-state index >= 15 is 0 Å². The minimum absolute atomic E-state index is 0.0945. The van der Waals surface area contributed by atoms with Gasteiger partial charge in [0.2, 0.25) is 0 Å². The van der Waals surface area contributed by atoms with Crippen LogP contribution < -0.4 is 10.5 Å². The molecule has 1 aliphatic rings. The molecular weight excluding hydrogens is 344 g/mol. The molecule has 0 unspecified atom stereocenters. The summed E-state index contributed by atoms with van der Waals surface area (Å²) in [5.74, 6) is 0. The first-order valence-corrected chi connectivity index (χ1v) is 9.75. The van der Waals surface area contributed by atoms with Crippen molar-refractivity contribution in [2.24, 2.45) is 0 Å². The minimum atomic E-state index is -0.0945. The lowest BCUT2D eigenvalue weighted by Crippen LogP contribution is -2.36. The molecule has 0 amide bonds. The number of morpholine rings is 1. The van der Waals surface area contributed by atoms with Crippen molar-refractivity contribution in [3.8, 4) is 10.6 Å². The van der Waals surface area contributed by atoms with Gasteiger partial charge in [-0.15, -0.1) is 11.3 Å². The summed E-state index contributed by atoms with van der Waals surface area (Å²) >= 11 is 3.20. The van der Waals surface area contributed by atoms with Gasteiger partial charge in [-0.1, -0.05) is 24.3 Å². The van der Waals surface area contributed by atoms with Gasteiger partial charge in [-0.3, -0.25) is 4.79 Å². The number of aromatic nitrogens is 3. The average Bonchev–Trinajstić information content (AvgIpc) is 3.28. The van der Waals surface area contributed by atoms with Gasteiger partial charge >= 0.3 is 0 Å². The maximum atomic E-state index is 12.7. The van der Waals surface area contributed by atoms with E-state index in [0.717, 1.165) is 39.9 Å². The van der Waals surface area contributed by atoms with Gasteiger partial charge in [0.25, 0.3) is 5.56 Å². The minimum Gasteiger partial charge on any atom is -0.378 e. The van der Waals surface area contributed by atoms with Crippen LogP contribution in [0.25, 0.3) is 20.8 Å². The Kier molecular flexibility index (Phi) is 4.34. The molecule has 6 nitrogen and oxygen atoms in total. The van der Waals surface area contributed by atoms with Gasteiger partial charge in [-0.05, 0) is 17.9 Å². The van der Waals surface area contributed by atoms with Gasteiger partial charge in [0.1, 0.15) is 5.69 Å². The summed E-state index contributed by atoms with van der Waals surface area (Å²) in [6.07, 6.45) is 0.864. The van der Waals surface area contributed by atoms with E-state index in [4.69, 9.17) is 4.74 Å². The zero-order chi connectivity index (χ0) is 16.5. The first-order chi connectivity index (χ1) is 11.8. The lowest BCUT2D eigenvalue weighted by molar-refractivity contribution is 0.122. The molecule has 1 aliphatic heterocycles. The second-order valence-corrected chi connectivity index (χ2v) is 7.55. The molecule has 0 aliphatic carbocycles. The third kappa shape index (κ3) is 2.74. The molecule has 126 valence electrons.